The van der Waals surface area contributed by atoms with Crippen LogP contribution in [-0.4, -0.2) is 65.6 Å². The van der Waals surface area contributed by atoms with Gasteiger partial charge in [-0.3, -0.25) is 19.4 Å². The minimum atomic E-state index is -0.415. The maximum Gasteiger partial charge on any atom is 0.265 e. The van der Waals surface area contributed by atoms with E-state index >= 15 is 0 Å². The van der Waals surface area contributed by atoms with Crippen LogP contribution in [0.15, 0.2) is 48.5 Å². The number of morpholine rings is 1. The number of rotatable bonds is 5. The molecule has 27 heavy (non-hydrogen) atoms. The Balaban J connectivity index is 1.64. The van der Waals surface area contributed by atoms with E-state index < -0.39 is 5.91 Å². The molecule has 0 saturated carbocycles. The van der Waals surface area contributed by atoms with Gasteiger partial charge in [-0.1, -0.05) is 36.4 Å². The predicted molar refractivity (Wildman–Crippen MR) is 99.8 cm³/mol. The van der Waals surface area contributed by atoms with Gasteiger partial charge in [-0.15, -0.1) is 0 Å². The monoisotopic (exact) mass is 366 g/mol. The van der Waals surface area contributed by atoms with Crippen molar-refractivity contribution in [2.75, 3.05) is 32.8 Å². The summed E-state index contributed by atoms with van der Waals surface area (Å²) in [7, 11) is 0. The van der Waals surface area contributed by atoms with Gasteiger partial charge in [0, 0.05) is 19.6 Å². The molecule has 0 radical (unpaired) electrons. The number of phenols is 1. The number of ether oxygens (including phenoxy) is 1. The molecule has 0 aliphatic carbocycles. The van der Waals surface area contributed by atoms with E-state index in [-0.39, 0.29) is 28.8 Å². The topological polar surface area (TPSA) is 70.1 Å². The maximum absolute atomic E-state index is 13.0. The number of carbonyl (C=O) groups excluding carboxylic acids is 2. The molecule has 2 aliphatic heterocycles. The fourth-order valence-corrected chi connectivity index (χ4v) is 3.82. The third kappa shape index (κ3) is 3.46. The highest BCUT2D eigenvalue weighted by molar-refractivity contribution is 6.22. The number of aromatic hydroxyl groups is 1. The number of fused-ring (bicyclic) bond motifs is 1. The number of hydrogen-bond donors (Lipinski definition) is 1. The molecule has 4 rings (SSSR count). The molecule has 0 spiro atoms. The number of amides is 2. The van der Waals surface area contributed by atoms with Crippen molar-refractivity contribution in [3.8, 4) is 5.75 Å². The average Bonchev–Trinajstić information content (AvgIpc) is 2.94. The lowest BCUT2D eigenvalue weighted by molar-refractivity contribution is 0.0225. The van der Waals surface area contributed by atoms with Gasteiger partial charge in [-0.25, -0.2) is 0 Å². The number of benzene rings is 2. The first-order valence-corrected chi connectivity index (χ1v) is 9.19. The molecule has 0 aromatic heterocycles. The van der Waals surface area contributed by atoms with Crippen molar-refractivity contribution in [3.05, 3.63) is 65.2 Å². The zero-order chi connectivity index (χ0) is 18.8. The first kappa shape index (κ1) is 17.7. The maximum atomic E-state index is 13.0. The molecule has 140 valence electrons. The van der Waals surface area contributed by atoms with Gasteiger partial charge < -0.3 is 9.84 Å². The molecule has 1 N–H and O–H groups in total. The van der Waals surface area contributed by atoms with Crippen molar-refractivity contribution in [3.63, 3.8) is 0 Å². The number of carbonyl (C=O) groups is 2. The van der Waals surface area contributed by atoms with Gasteiger partial charge in [0.1, 0.15) is 5.75 Å². The second kappa shape index (κ2) is 7.50. The summed E-state index contributed by atoms with van der Waals surface area (Å²) < 4.78 is 5.41. The summed E-state index contributed by atoms with van der Waals surface area (Å²) in [5, 5.41) is 10.1. The number of hydrogen-bond acceptors (Lipinski definition) is 5. The summed E-state index contributed by atoms with van der Waals surface area (Å²) in [4.78, 5) is 29.5. The Kier molecular flexibility index (Phi) is 4.92. The van der Waals surface area contributed by atoms with E-state index in [0.29, 0.717) is 26.2 Å². The van der Waals surface area contributed by atoms with Crippen molar-refractivity contribution in [1.29, 1.82) is 0 Å². The third-order valence-corrected chi connectivity index (χ3v) is 5.18. The molecule has 1 fully saturated rings. The molecule has 2 heterocycles. The molecule has 1 saturated heterocycles. The van der Waals surface area contributed by atoms with Crippen LogP contribution in [0.3, 0.4) is 0 Å². The largest absolute Gasteiger partial charge is 0.507 e. The first-order valence-electron chi connectivity index (χ1n) is 9.19. The molecule has 2 amide bonds. The Morgan fingerprint density at radius 2 is 1.70 bits per heavy atom. The number of imide groups is 1. The second-order valence-corrected chi connectivity index (χ2v) is 6.94. The molecule has 6 heteroatoms. The standard InChI is InChI=1S/C21H22N2O4/c24-18-8-4-7-17-19(18)21(26)23(20(17)25)16(13-15-5-2-1-3-6-15)14-22-9-11-27-12-10-22/h1-8,16,24H,9-14H2/t16-/m1/s1. The lowest BCUT2D eigenvalue weighted by Gasteiger charge is -2.34. The summed E-state index contributed by atoms with van der Waals surface area (Å²) in [5.74, 6) is -0.888. The number of phenolic OH excluding ortho intramolecular Hbond substituents is 1. The lowest BCUT2D eigenvalue weighted by Crippen LogP contribution is -2.50. The molecule has 6 nitrogen and oxygen atoms in total. The quantitative estimate of drug-likeness (QED) is 0.819. The summed E-state index contributed by atoms with van der Waals surface area (Å²) in [6.45, 7) is 3.45. The van der Waals surface area contributed by atoms with Crippen LogP contribution in [0.2, 0.25) is 0 Å². The van der Waals surface area contributed by atoms with E-state index in [0.717, 1.165) is 18.7 Å². The Bertz CT molecular complexity index is 847. The van der Waals surface area contributed by atoms with Crippen molar-refractivity contribution in [1.82, 2.24) is 9.80 Å². The highest BCUT2D eigenvalue weighted by Gasteiger charge is 2.42. The second-order valence-electron chi connectivity index (χ2n) is 6.94. The number of nitrogens with zero attached hydrogens (tertiary/aromatic N) is 2. The molecule has 0 bridgehead atoms. The fraction of sp³-hybridized carbons (Fsp3) is 0.333. The summed E-state index contributed by atoms with van der Waals surface area (Å²) in [5.41, 5.74) is 1.46. The van der Waals surface area contributed by atoms with Gasteiger partial charge in [0.25, 0.3) is 11.8 Å². The predicted octanol–water partition coefficient (Wildman–Crippen LogP) is 1.93. The van der Waals surface area contributed by atoms with Crippen LogP contribution in [0, 0.1) is 0 Å². The summed E-state index contributed by atoms with van der Waals surface area (Å²) in [6.07, 6.45) is 0.574. The van der Waals surface area contributed by atoms with E-state index in [1.54, 1.807) is 12.1 Å². The van der Waals surface area contributed by atoms with Gasteiger partial charge in [0.2, 0.25) is 0 Å². The van der Waals surface area contributed by atoms with E-state index in [1.807, 2.05) is 30.3 Å². The highest BCUT2D eigenvalue weighted by Crippen LogP contribution is 2.32. The van der Waals surface area contributed by atoms with E-state index in [1.165, 1.54) is 11.0 Å². The van der Waals surface area contributed by atoms with Crippen molar-refractivity contribution in [2.24, 2.45) is 0 Å². The Morgan fingerprint density at radius 1 is 0.963 bits per heavy atom. The molecular weight excluding hydrogens is 344 g/mol. The van der Waals surface area contributed by atoms with E-state index in [4.69, 9.17) is 4.74 Å². The van der Waals surface area contributed by atoms with Crippen LogP contribution in [-0.2, 0) is 11.2 Å². The SMILES string of the molecule is O=C1c2cccc(O)c2C(=O)N1[C@H](Cc1ccccc1)CN1CCOCC1. The third-order valence-electron chi connectivity index (χ3n) is 5.18. The van der Waals surface area contributed by atoms with Crippen molar-refractivity contribution < 1.29 is 19.4 Å². The minimum absolute atomic E-state index is 0.113. The summed E-state index contributed by atoms with van der Waals surface area (Å²) >= 11 is 0. The Morgan fingerprint density at radius 3 is 2.41 bits per heavy atom. The van der Waals surface area contributed by atoms with Crippen LogP contribution >= 0.6 is 0 Å². The fourth-order valence-electron chi connectivity index (χ4n) is 3.82. The van der Waals surface area contributed by atoms with Crippen LogP contribution in [0.4, 0.5) is 0 Å². The van der Waals surface area contributed by atoms with E-state index in [2.05, 4.69) is 4.90 Å². The van der Waals surface area contributed by atoms with Crippen LogP contribution < -0.4 is 0 Å². The Hall–Kier alpha value is -2.70. The molecule has 0 unspecified atom stereocenters. The zero-order valence-electron chi connectivity index (χ0n) is 15.0. The Labute approximate surface area is 158 Å². The molecule has 2 aromatic rings. The van der Waals surface area contributed by atoms with Crippen molar-refractivity contribution >= 4 is 11.8 Å². The smallest absolute Gasteiger partial charge is 0.265 e. The minimum Gasteiger partial charge on any atom is -0.507 e. The zero-order valence-corrected chi connectivity index (χ0v) is 15.0. The van der Waals surface area contributed by atoms with Crippen LogP contribution in [0.1, 0.15) is 26.3 Å². The van der Waals surface area contributed by atoms with Gasteiger partial charge in [0.15, 0.2) is 0 Å². The lowest BCUT2D eigenvalue weighted by atomic mass is 10.0. The first-order chi connectivity index (χ1) is 13.1. The van der Waals surface area contributed by atoms with Gasteiger partial charge in [-0.05, 0) is 24.1 Å². The average molecular weight is 366 g/mol. The molecule has 2 aliphatic rings. The van der Waals surface area contributed by atoms with Gasteiger partial charge in [0.05, 0.1) is 30.4 Å². The van der Waals surface area contributed by atoms with Crippen molar-refractivity contribution in [2.45, 2.75) is 12.5 Å². The highest BCUT2D eigenvalue weighted by atomic mass is 16.5. The normalized spacial score (nSPS) is 18.6. The molecule has 1 atom stereocenters. The summed E-state index contributed by atoms with van der Waals surface area (Å²) in [6, 6.07) is 14.2. The van der Waals surface area contributed by atoms with Crippen LogP contribution in [0.25, 0.3) is 0 Å². The molecule has 2 aromatic carbocycles. The van der Waals surface area contributed by atoms with E-state index in [9.17, 15) is 14.7 Å². The van der Waals surface area contributed by atoms with Gasteiger partial charge in [-0.2, -0.15) is 0 Å². The van der Waals surface area contributed by atoms with Crippen LogP contribution in [0.5, 0.6) is 5.75 Å². The van der Waals surface area contributed by atoms with Gasteiger partial charge >= 0.3 is 0 Å². The molecular formula is C21H22N2O4.